The number of hydrogen-bond acceptors (Lipinski definition) is 1. The maximum absolute atomic E-state index is 5.82. The van der Waals surface area contributed by atoms with Gasteiger partial charge in [-0.25, -0.2) is 0 Å². The van der Waals surface area contributed by atoms with E-state index in [9.17, 15) is 0 Å². The van der Waals surface area contributed by atoms with Gasteiger partial charge in [-0.2, -0.15) is 0 Å². The zero-order valence-electron chi connectivity index (χ0n) is 13.8. The van der Waals surface area contributed by atoms with Gasteiger partial charge in [0.1, 0.15) is 18.9 Å². The summed E-state index contributed by atoms with van der Waals surface area (Å²) in [4.78, 5) is 3.08. The third kappa shape index (κ3) is 5.93. The third-order valence-electron chi connectivity index (χ3n) is 4.18. The number of ether oxygens (including phenoxy) is 1. The number of rotatable bonds is 9. The fourth-order valence-corrected chi connectivity index (χ4v) is 2.20. The molecule has 0 bridgehead atoms. The Morgan fingerprint density at radius 2 is 1.65 bits per heavy atom. The number of hydrogen-bond donors (Lipinski definition) is 2. The largest absolute Gasteiger partial charge is 0.488 e. The van der Waals surface area contributed by atoms with E-state index in [1.807, 2.05) is 0 Å². The van der Waals surface area contributed by atoms with Crippen molar-refractivity contribution in [3.63, 3.8) is 0 Å². The lowest BCUT2D eigenvalue weighted by Crippen LogP contribution is -3.12. The van der Waals surface area contributed by atoms with Gasteiger partial charge in [0.05, 0.1) is 33.2 Å². The maximum Gasteiger partial charge on any atom is 0.137 e. The van der Waals surface area contributed by atoms with Crippen molar-refractivity contribution < 1.29 is 14.5 Å². The standard InChI is InChI=1S/C17H30N2O/c1-6-19(7-2)12-13-20-17-10-8-16(9-11-17)14-15(3)18(4)5/h8-11,15H,6-7,12-14H2,1-5H3/p+2/t15-/m0/s1. The summed E-state index contributed by atoms with van der Waals surface area (Å²) in [6.45, 7) is 11.0. The van der Waals surface area contributed by atoms with E-state index in [1.165, 1.54) is 23.6 Å². The molecule has 1 rings (SSSR count). The van der Waals surface area contributed by atoms with Crippen molar-refractivity contribution in [1.82, 2.24) is 0 Å². The Balaban J connectivity index is 2.39. The fraction of sp³-hybridized carbons (Fsp3) is 0.647. The summed E-state index contributed by atoms with van der Waals surface area (Å²) >= 11 is 0. The highest BCUT2D eigenvalue weighted by Crippen LogP contribution is 2.12. The molecule has 1 atom stereocenters. The lowest BCUT2D eigenvalue weighted by Gasteiger charge is -2.17. The number of likely N-dealkylation sites (N-methyl/N-ethyl adjacent to an activating group) is 2. The topological polar surface area (TPSA) is 18.1 Å². The molecule has 0 fully saturated rings. The highest BCUT2D eigenvalue weighted by molar-refractivity contribution is 5.27. The van der Waals surface area contributed by atoms with Crippen molar-refractivity contribution in [1.29, 1.82) is 0 Å². The predicted octanol–water partition coefficient (Wildman–Crippen LogP) is 0.0656. The van der Waals surface area contributed by atoms with E-state index < -0.39 is 0 Å². The van der Waals surface area contributed by atoms with Crippen molar-refractivity contribution in [3.8, 4) is 5.75 Å². The molecule has 1 aromatic carbocycles. The molecule has 3 nitrogen and oxygen atoms in total. The molecular formula is C17H32N2O+2. The summed E-state index contributed by atoms with van der Waals surface area (Å²) in [7, 11) is 4.41. The second-order valence-corrected chi connectivity index (χ2v) is 5.88. The van der Waals surface area contributed by atoms with E-state index in [0.717, 1.165) is 25.3 Å². The Kier molecular flexibility index (Phi) is 7.63. The Morgan fingerprint density at radius 1 is 1.05 bits per heavy atom. The normalized spacial score (nSPS) is 12.9. The minimum Gasteiger partial charge on any atom is -0.488 e. The molecule has 20 heavy (non-hydrogen) atoms. The molecule has 1 aromatic rings. The van der Waals surface area contributed by atoms with Gasteiger partial charge in [0, 0.05) is 6.42 Å². The highest BCUT2D eigenvalue weighted by atomic mass is 16.5. The molecule has 0 aliphatic heterocycles. The number of nitrogens with one attached hydrogen (secondary N) is 2. The molecule has 0 unspecified atom stereocenters. The molecule has 0 spiro atoms. The highest BCUT2D eigenvalue weighted by Gasteiger charge is 2.09. The monoisotopic (exact) mass is 280 g/mol. The van der Waals surface area contributed by atoms with Crippen LogP contribution in [0.1, 0.15) is 26.3 Å². The van der Waals surface area contributed by atoms with Gasteiger partial charge in [0.2, 0.25) is 0 Å². The van der Waals surface area contributed by atoms with Crippen LogP contribution in [0.5, 0.6) is 5.75 Å². The van der Waals surface area contributed by atoms with Crippen LogP contribution in [-0.2, 0) is 6.42 Å². The van der Waals surface area contributed by atoms with Crippen LogP contribution in [0.2, 0.25) is 0 Å². The molecule has 0 saturated carbocycles. The first kappa shape index (κ1) is 17.0. The van der Waals surface area contributed by atoms with E-state index in [1.54, 1.807) is 4.90 Å². The molecular weight excluding hydrogens is 248 g/mol. The van der Waals surface area contributed by atoms with Crippen LogP contribution in [0.3, 0.4) is 0 Å². The zero-order chi connectivity index (χ0) is 15.0. The smallest absolute Gasteiger partial charge is 0.137 e. The van der Waals surface area contributed by atoms with Gasteiger partial charge < -0.3 is 14.5 Å². The van der Waals surface area contributed by atoms with E-state index in [2.05, 4.69) is 59.1 Å². The van der Waals surface area contributed by atoms with Crippen LogP contribution in [0.4, 0.5) is 0 Å². The zero-order valence-corrected chi connectivity index (χ0v) is 13.8. The summed E-state index contributed by atoms with van der Waals surface area (Å²) in [5.74, 6) is 0.991. The SMILES string of the molecule is CC[NH+](CC)CCOc1ccc(C[C@H](C)[NH+](C)C)cc1. The summed E-state index contributed by atoms with van der Waals surface area (Å²) in [6, 6.07) is 9.24. The Hall–Kier alpha value is -1.06. The van der Waals surface area contributed by atoms with Gasteiger partial charge in [-0.05, 0) is 38.5 Å². The van der Waals surface area contributed by atoms with Gasteiger partial charge in [-0.3, -0.25) is 0 Å². The van der Waals surface area contributed by atoms with Gasteiger partial charge in [-0.1, -0.05) is 12.1 Å². The van der Waals surface area contributed by atoms with Gasteiger partial charge in [0.15, 0.2) is 0 Å². The van der Waals surface area contributed by atoms with E-state index in [4.69, 9.17) is 4.74 Å². The summed E-state index contributed by atoms with van der Waals surface area (Å²) < 4.78 is 5.82. The first-order chi connectivity index (χ1) is 9.56. The summed E-state index contributed by atoms with van der Waals surface area (Å²) in [6.07, 6.45) is 1.12. The lowest BCUT2D eigenvalue weighted by atomic mass is 10.1. The first-order valence-electron chi connectivity index (χ1n) is 7.92. The molecule has 0 amide bonds. The van der Waals surface area contributed by atoms with Crippen LogP contribution >= 0.6 is 0 Å². The van der Waals surface area contributed by atoms with Crippen molar-refractivity contribution in [2.45, 2.75) is 33.2 Å². The van der Waals surface area contributed by atoms with Crippen molar-refractivity contribution in [2.24, 2.45) is 0 Å². The average molecular weight is 280 g/mol. The maximum atomic E-state index is 5.82. The Labute approximate surface area is 124 Å². The first-order valence-corrected chi connectivity index (χ1v) is 7.92. The van der Waals surface area contributed by atoms with Gasteiger partial charge >= 0.3 is 0 Å². The number of quaternary nitrogens is 2. The van der Waals surface area contributed by atoms with E-state index in [-0.39, 0.29) is 0 Å². The van der Waals surface area contributed by atoms with Crippen LogP contribution in [0, 0.1) is 0 Å². The molecule has 0 aliphatic carbocycles. The van der Waals surface area contributed by atoms with Crippen molar-refractivity contribution in [2.75, 3.05) is 40.3 Å². The van der Waals surface area contributed by atoms with E-state index >= 15 is 0 Å². The Bertz CT molecular complexity index is 358. The fourth-order valence-electron chi connectivity index (χ4n) is 2.20. The minimum absolute atomic E-state index is 0.646. The predicted molar refractivity (Wildman–Crippen MR) is 84.8 cm³/mol. The molecule has 0 aliphatic rings. The second kappa shape index (κ2) is 8.98. The third-order valence-corrected chi connectivity index (χ3v) is 4.18. The van der Waals surface area contributed by atoms with Crippen LogP contribution in [0.15, 0.2) is 24.3 Å². The molecule has 0 heterocycles. The average Bonchev–Trinajstić information content (AvgIpc) is 2.45. The van der Waals surface area contributed by atoms with Crippen LogP contribution < -0.4 is 14.5 Å². The number of benzene rings is 1. The molecule has 3 heteroatoms. The van der Waals surface area contributed by atoms with Crippen LogP contribution in [0.25, 0.3) is 0 Å². The van der Waals surface area contributed by atoms with Crippen molar-refractivity contribution >= 4 is 0 Å². The van der Waals surface area contributed by atoms with E-state index in [0.29, 0.717) is 6.04 Å². The molecule has 0 saturated heterocycles. The van der Waals surface area contributed by atoms with Gasteiger partial charge in [-0.15, -0.1) is 0 Å². The quantitative estimate of drug-likeness (QED) is 0.655. The minimum atomic E-state index is 0.646. The molecule has 0 radical (unpaired) electrons. The molecule has 114 valence electrons. The Morgan fingerprint density at radius 3 is 2.15 bits per heavy atom. The molecule has 2 N–H and O–H groups in total. The summed E-state index contributed by atoms with van der Waals surface area (Å²) in [5.41, 5.74) is 1.39. The lowest BCUT2D eigenvalue weighted by molar-refractivity contribution is -0.896. The van der Waals surface area contributed by atoms with Crippen LogP contribution in [-0.4, -0.2) is 46.4 Å². The summed E-state index contributed by atoms with van der Waals surface area (Å²) in [5, 5.41) is 0. The second-order valence-electron chi connectivity index (χ2n) is 5.88. The van der Waals surface area contributed by atoms with Crippen molar-refractivity contribution in [3.05, 3.63) is 29.8 Å². The van der Waals surface area contributed by atoms with Gasteiger partial charge in [0.25, 0.3) is 0 Å². The molecule has 0 aromatic heterocycles.